The molecular formula is C20H22N2O4. The van der Waals surface area contributed by atoms with Crippen LogP contribution in [0.4, 0.5) is 0 Å². The number of nitrogens with one attached hydrogen (secondary N) is 1. The summed E-state index contributed by atoms with van der Waals surface area (Å²) in [5.41, 5.74) is 9.08. The van der Waals surface area contributed by atoms with Gasteiger partial charge in [-0.05, 0) is 22.8 Å². The van der Waals surface area contributed by atoms with Crippen LogP contribution in [0.3, 0.4) is 0 Å². The number of carboxylic acids is 1. The van der Waals surface area contributed by atoms with Gasteiger partial charge in [0, 0.05) is 23.5 Å². The second-order valence-corrected chi connectivity index (χ2v) is 6.28. The number of hydrogen-bond donors (Lipinski definition) is 4. The summed E-state index contributed by atoms with van der Waals surface area (Å²) in [7, 11) is 0. The lowest BCUT2D eigenvalue weighted by atomic mass is 10.0. The highest BCUT2D eigenvalue weighted by molar-refractivity contribution is 5.85. The van der Waals surface area contributed by atoms with E-state index >= 15 is 0 Å². The number of ether oxygens (including phenoxy) is 1. The van der Waals surface area contributed by atoms with Crippen molar-refractivity contribution in [3.05, 3.63) is 71.4 Å². The Morgan fingerprint density at radius 2 is 1.96 bits per heavy atom. The van der Waals surface area contributed by atoms with Crippen LogP contribution in [-0.4, -0.2) is 33.8 Å². The highest BCUT2D eigenvalue weighted by atomic mass is 16.5. The van der Waals surface area contributed by atoms with Gasteiger partial charge in [-0.25, -0.2) is 0 Å². The number of aliphatic carboxylic acids is 1. The molecule has 26 heavy (non-hydrogen) atoms. The lowest BCUT2D eigenvalue weighted by Gasteiger charge is -2.12. The second kappa shape index (κ2) is 8.14. The summed E-state index contributed by atoms with van der Waals surface area (Å²) in [4.78, 5) is 14.0. The summed E-state index contributed by atoms with van der Waals surface area (Å²) in [5, 5.41) is 20.2. The van der Waals surface area contributed by atoms with Crippen molar-refractivity contribution in [3.8, 4) is 0 Å². The molecule has 6 heteroatoms. The topological polar surface area (TPSA) is 109 Å². The number of rotatable bonds is 8. The summed E-state index contributed by atoms with van der Waals surface area (Å²) in [6.07, 6.45) is 1.27. The van der Waals surface area contributed by atoms with Crippen molar-refractivity contribution in [2.24, 2.45) is 5.73 Å². The number of carboxylic acid groups (broad SMARTS) is 1. The first-order chi connectivity index (χ1) is 12.5. The number of nitrogens with two attached hydrogens (primary N) is 1. The Kier molecular flexibility index (Phi) is 5.68. The quantitative estimate of drug-likeness (QED) is 0.497. The maximum Gasteiger partial charge on any atom is 0.320 e. The molecule has 0 aliphatic rings. The molecule has 5 N–H and O–H groups in total. The van der Waals surface area contributed by atoms with Gasteiger partial charge in [-0.3, -0.25) is 4.79 Å². The number of aromatic amines is 1. The van der Waals surface area contributed by atoms with Crippen LogP contribution in [0.5, 0.6) is 0 Å². The van der Waals surface area contributed by atoms with Gasteiger partial charge >= 0.3 is 5.97 Å². The first kappa shape index (κ1) is 18.1. The number of fused-ring (bicyclic) bond motifs is 1. The number of aliphatic hydroxyl groups excluding tert-OH is 1. The van der Waals surface area contributed by atoms with Gasteiger partial charge in [0.25, 0.3) is 0 Å². The minimum atomic E-state index is -1.03. The molecule has 3 aromatic rings. The molecule has 1 unspecified atom stereocenters. The normalized spacial score (nSPS) is 13.6. The van der Waals surface area contributed by atoms with Crippen LogP contribution in [0.1, 0.15) is 22.8 Å². The zero-order valence-corrected chi connectivity index (χ0v) is 14.3. The lowest BCUT2D eigenvalue weighted by Crippen LogP contribution is -2.32. The molecule has 0 saturated heterocycles. The molecule has 136 valence electrons. The number of hydrogen-bond acceptors (Lipinski definition) is 4. The Morgan fingerprint density at radius 3 is 2.69 bits per heavy atom. The molecule has 6 nitrogen and oxygen atoms in total. The van der Waals surface area contributed by atoms with Crippen LogP contribution in [0.2, 0.25) is 0 Å². The average molecular weight is 354 g/mol. The van der Waals surface area contributed by atoms with E-state index in [-0.39, 0.29) is 13.0 Å². The molecular weight excluding hydrogens is 332 g/mol. The fraction of sp³-hybridized carbons (Fsp3) is 0.250. The summed E-state index contributed by atoms with van der Waals surface area (Å²) in [5.74, 6) is -1.03. The van der Waals surface area contributed by atoms with Gasteiger partial charge in [0.05, 0.1) is 13.2 Å². The fourth-order valence-electron chi connectivity index (χ4n) is 2.86. The number of aromatic nitrogens is 1. The van der Waals surface area contributed by atoms with Crippen LogP contribution in [0, 0.1) is 0 Å². The third kappa shape index (κ3) is 4.29. The molecule has 2 aromatic carbocycles. The molecule has 1 heterocycles. The van der Waals surface area contributed by atoms with Crippen LogP contribution in [-0.2, 0) is 22.6 Å². The van der Waals surface area contributed by atoms with Gasteiger partial charge < -0.3 is 25.7 Å². The molecule has 0 bridgehead atoms. The SMILES string of the molecule is N[C@@H](Cc1c[nH]c2cc(C(O)COCc3ccccc3)ccc12)C(=O)O. The first-order valence-electron chi connectivity index (χ1n) is 8.42. The van der Waals surface area contributed by atoms with Crippen LogP contribution in [0.15, 0.2) is 54.7 Å². The second-order valence-electron chi connectivity index (χ2n) is 6.28. The Balaban J connectivity index is 1.64. The van der Waals surface area contributed by atoms with Gasteiger partial charge in [-0.1, -0.05) is 42.5 Å². The van der Waals surface area contributed by atoms with Gasteiger partial charge in [-0.15, -0.1) is 0 Å². The molecule has 1 aromatic heterocycles. The molecule has 0 aliphatic heterocycles. The predicted molar refractivity (Wildman–Crippen MR) is 98.7 cm³/mol. The molecule has 2 atom stereocenters. The van der Waals surface area contributed by atoms with Crippen molar-refractivity contribution in [3.63, 3.8) is 0 Å². The Morgan fingerprint density at radius 1 is 1.19 bits per heavy atom. The van der Waals surface area contributed by atoms with E-state index < -0.39 is 18.1 Å². The lowest BCUT2D eigenvalue weighted by molar-refractivity contribution is -0.138. The van der Waals surface area contributed by atoms with E-state index in [0.29, 0.717) is 6.61 Å². The van der Waals surface area contributed by atoms with Crippen molar-refractivity contribution < 1.29 is 19.7 Å². The van der Waals surface area contributed by atoms with E-state index in [4.69, 9.17) is 15.6 Å². The third-order valence-electron chi connectivity index (χ3n) is 4.32. The van der Waals surface area contributed by atoms with Gasteiger partial charge in [0.1, 0.15) is 12.1 Å². The first-order valence-corrected chi connectivity index (χ1v) is 8.42. The third-order valence-corrected chi connectivity index (χ3v) is 4.32. The van der Waals surface area contributed by atoms with E-state index in [1.807, 2.05) is 48.5 Å². The summed E-state index contributed by atoms with van der Waals surface area (Å²) in [6, 6.07) is 14.4. The molecule has 0 saturated carbocycles. The summed E-state index contributed by atoms with van der Waals surface area (Å²) in [6.45, 7) is 0.637. The van der Waals surface area contributed by atoms with Crippen molar-refractivity contribution in [1.82, 2.24) is 4.98 Å². The maximum absolute atomic E-state index is 10.9. The van der Waals surface area contributed by atoms with E-state index in [1.165, 1.54) is 0 Å². The van der Waals surface area contributed by atoms with E-state index in [2.05, 4.69) is 4.98 Å². The predicted octanol–water partition coefficient (Wildman–Crippen LogP) is 2.37. The fourth-order valence-corrected chi connectivity index (χ4v) is 2.86. The molecule has 0 fully saturated rings. The van der Waals surface area contributed by atoms with E-state index in [9.17, 15) is 9.90 Å². The number of benzene rings is 2. The Hall–Kier alpha value is -2.67. The highest BCUT2D eigenvalue weighted by Gasteiger charge is 2.16. The van der Waals surface area contributed by atoms with Crippen LogP contribution in [0.25, 0.3) is 10.9 Å². The summed E-state index contributed by atoms with van der Waals surface area (Å²) < 4.78 is 5.59. The standard InChI is InChI=1S/C20H22N2O4/c21-17(20(24)25)8-15-10-22-18-9-14(6-7-16(15)18)19(23)12-26-11-13-4-2-1-3-5-13/h1-7,9-10,17,19,22-23H,8,11-12,21H2,(H,24,25)/t17-,19?/m0/s1. The maximum atomic E-state index is 10.9. The minimum absolute atomic E-state index is 0.192. The van der Waals surface area contributed by atoms with Crippen LogP contribution >= 0.6 is 0 Å². The van der Waals surface area contributed by atoms with Crippen molar-refractivity contribution in [2.75, 3.05) is 6.61 Å². The highest BCUT2D eigenvalue weighted by Crippen LogP contribution is 2.24. The Bertz CT molecular complexity index is 876. The van der Waals surface area contributed by atoms with Gasteiger partial charge in [-0.2, -0.15) is 0 Å². The largest absolute Gasteiger partial charge is 0.480 e. The monoisotopic (exact) mass is 354 g/mol. The van der Waals surface area contributed by atoms with Gasteiger partial charge in [0.15, 0.2) is 0 Å². The summed E-state index contributed by atoms with van der Waals surface area (Å²) >= 11 is 0. The smallest absolute Gasteiger partial charge is 0.320 e. The zero-order valence-electron chi connectivity index (χ0n) is 14.3. The average Bonchev–Trinajstić information content (AvgIpc) is 3.04. The number of H-pyrrole nitrogens is 1. The molecule has 0 amide bonds. The van der Waals surface area contributed by atoms with Crippen molar-refractivity contribution >= 4 is 16.9 Å². The van der Waals surface area contributed by atoms with Crippen molar-refractivity contribution in [2.45, 2.75) is 25.2 Å². The van der Waals surface area contributed by atoms with E-state index in [0.717, 1.165) is 27.6 Å². The molecule has 0 spiro atoms. The van der Waals surface area contributed by atoms with Gasteiger partial charge in [0.2, 0.25) is 0 Å². The zero-order chi connectivity index (χ0) is 18.5. The van der Waals surface area contributed by atoms with Crippen LogP contribution < -0.4 is 5.73 Å². The van der Waals surface area contributed by atoms with Crippen molar-refractivity contribution in [1.29, 1.82) is 0 Å². The molecule has 3 rings (SSSR count). The molecule has 0 aliphatic carbocycles. The Labute approximate surface area is 151 Å². The molecule has 0 radical (unpaired) electrons. The minimum Gasteiger partial charge on any atom is -0.480 e. The number of carbonyl (C=O) groups is 1. The number of aliphatic hydroxyl groups is 1. The van der Waals surface area contributed by atoms with E-state index in [1.54, 1.807) is 6.20 Å².